The Morgan fingerprint density at radius 3 is 1.75 bits per heavy atom. The van der Waals surface area contributed by atoms with Crippen molar-refractivity contribution in [1.29, 1.82) is 0 Å². The molecule has 1 heterocycles. The Morgan fingerprint density at radius 1 is 0.781 bits per heavy atom. The Morgan fingerprint density at radius 2 is 1.28 bits per heavy atom. The van der Waals surface area contributed by atoms with Gasteiger partial charge in [-0.2, -0.15) is 5.10 Å². The van der Waals surface area contributed by atoms with Gasteiger partial charge >= 0.3 is 0 Å². The Balaban J connectivity index is 2.00. The lowest BCUT2D eigenvalue weighted by molar-refractivity contribution is 0.602. The molecule has 3 aromatic carbocycles. The third kappa shape index (κ3) is 4.46. The van der Waals surface area contributed by atoms with Gasteiger partial charge < -0.3 is 0 Å². The van der Waals surface area contributed by atoms with Crippen LogP contribution in [0, 0.1) is 0 Å². The lowest BCUT2D eigenvalue weighted by Gasteiger charge is -2.13. The van der Waals surface area contributed by atoms with E-state index in [0.717, 1.165) is 33.8 Å². The zero-order chi connectivity index (χ0) is 23.0. The highest BCUT2D eigenvalue weighted by Gasteiger charge is 2.24. The van der Waals surface area contributed by atoms with E-state index in [2.05, 4.69) is 13.8 Å². The van der Waals surface area contributed by atoms with Gasteiger partial charge in [0.15, 0.2) is 9.84 Å². The van der Waals surface area contributed by atoms with E-state index in [1.807, 2.05) is 53.2 Å². The van der Waals surface area contributed by atoms with Crippen molar-refractivity contribution in [2.24, 2.45) is 0 Å². The molecule has 0 amide bonds. The summed E-state index contributed by atoms with van der Waals surface area (Å²) < 4.78 is 25.7. The molecule has 0 aliphatic rings. The SMILES string of the molecule is CC(C)c1c(-c2ccc(Cl)cc2)nn(-c2ccc(S(C)(=O)=O)cc2)c1-c1ccc(Cl)cc1. The smallest absolute Gasteiger partial charge is 0.175 e. The van der Waals surface area contributed by atoms with Crippen molar-refractivity contribution in [1.82, 2.24) is 9.78 Å². The molecule has 0 N–H and O–H groups in total. The van der Waals surface area contributed by atoms with Gasteiger partial charge in [-0.1, -0.05) is 61.3 Å². The van der Waals surface area contributed by atoms with Crippen LogP contribution in [0.4, 0.5) is 0 Å². The van der Waals surface area contributed by atoms with Crippen LogP contribution in [0.2, 0.25) is 10.0 Å². The maximum Gasteiger partial charge on any atom is 0.175 e. The number of nitrogens with zero attached hydrogens (tertiary/aromatic N) is 2. The van der Waals surface area contributed by atoms with Crippen LogP contribution in [0.1, 0.15) is 25.3 Å². The molecule has 0 spiro atoms. The third-order valence-corrected chi connectivity index (χ3v) is 6.88. The molecule has 0 aliphatic carbocycles. The molecular weight excluding hydrogens is 463 g/mol. The van der Waals surface area contributed by atoms with Crippen LogP contribution < -0.4 is 0 Å². The molecule has 4 nitrogen and oxygen atoms in total. The highest BCUT2D eigenvalue weighted by atomic mass is 35.5. The first kappa shape index (κ1) is 22.6. The van der Waals surface area contributed by atoms with Gasteiger partial charge in [0.2, 0.25) is 0 Å². The Kier molecular flexibility index (Phi) is 6.17. The summed E-state index contributed by atoms with van der Waals surface area (Å²) in [4.78, 5) is 0.267. The van der Waals surface area contributed by atoms with Gasteiger partial charge in [0.05, 0.1) is 22.0 Å². The van der Waals surface area contributed by atoms with Crippen LogP contribution in [0.25, 0.3) is 28.2 Å². The van der Waals surface area contributed by atoms with E-state index in [1.54, 1.807) is 24.3 Å². The predicted octanol–water partition coefficient (Wildman–Crippen LogP) is 7.04. The summed E-state index contributed by atoms with van der Waals surface area (Å²) in [6.45, 7) is 4.26. The van der Waals surface area contributed by atoms with Gasteiger partial charge in [-0.15, -0.1) is 0 Å². The van der Waals surface area contributed by atoms with Gasteiger partial charge in [-0.3, -0.25) is 0 Å². The first-order valence-corrected chi connectivity index (χ1v) is 12.7. The van der Waals surface area contributed by atoms with E-state index in [1.165, 1.54) is 6.26 Å². The molecule has 0 fully saturated rings. The van der Waals surface area contributed by atoms with Gasteiger partial charge in [0.25, 0.3) is 0 Å². The molecule has 164 valence electrons. The number of rotatable bonds is 5. The molecular formula is C25H22Cl2N2O2S. The van der Waals surface area contributed by atoms with Crippen molar-refractivity contribution >= 4 is 33.0 Å². The number of sulfone groups is 1. The summed E-state index contributed by atoms with van der Waals surface area (Å²) in [6, 6.07) is 22.0. The Bertz CT molecular complexity index is 1360. The van der Waals surface area contributed by atoms with E-state index >= 15 is 0 Å². The summed E-state index contributed by atoms with van der Waals surface area (Å²) in [5.74, 6) is 0.176. The molecule has 4 aromatic rings. The highest BCUT2D eigenvalue weighted by Crippen LogP contribution is 2.39. The highest BCUT2D eigenvalue weighted by molar-refractivity contribution is 7.90. The van der Waals surface area contributed by atoms with Crippen LogP contribution in [-0.4, -0.2) is 24.5 Å². The molecule has 7 heteroatoms. The minimum atomic E-state index is -3.29. The lowest BCUT2D eigenvalue weighted by Crippen LogP contribution is -2.02. The maximum absolute atomic E-state index is 11.9. The van der Waals surface area contributed by atoms with Crippen molar-refractivity contribution in [3.05, 3.63) is 88.4 Å². The quantitative estimate of drug-likeness (QED) is 0.305. The molecule has 0 saturated carbocycles. The molecule has 0 aliphatic heterocycles. The van der Waals surface area contributed by atoms with Crippen molar-refractivity contribution in [3.8, 4) is 28.2 Å². The minimum Gasteiger partial charge on any atom is -0.232 e. The number of halogens is 2. The van der Waals surface area contributed by atoms with E-state index in [-0.39, 0.29) is 10.8 Å². The van der Waals surface area contributed by atoms with E-state index in [0.29, 0.717) is 10.0 Å². The van der Waals surface area contributed by atoms with Gasteiger partial charge in [-0.05, 0) is 54.4 Å². The molecule has 0 saturated heterocycles. The fourth-order valence-corrected chi connectivity index (χ4v) is 4.59. The fourth-order valence-electron chi connectivity index (χ4n) is 3.70. The first-order valence-electron chi connectivity index (χ1n) is 10.1. The van der Waals surface area contributed by atoms with Gasteiger partial charge in [0.1, 0.15) is 0 Å². The molecule has 0 radical (unpaired) electrons. The predicted molar refractivity (Wildman–Crippen MR) is 132 cm³/mol. The normalized spacial score (nSPS) is 11.8. The summed E-state index contributed by atoms with van der Waals surface area (Å²) in [7, 11) is -3.29. The van der Waals surface area contributed by atoms with Crippen molar-refractivity contribution in [2.45, 2.75) is 24.7 Å². The van der Waals surface area contributed by atoms with Crippen LogP contribution in [0.15, 0.2) is 77.7 Å². The van der Waals surface area contributed by atoms with Gasteiger partial charge in [0, 0.05) is 33.0 Å². The lowest BCUT2D eigenvalue weighted by atomic mass is 9.93. The average molecular weight is 485 g/mol. The van der Waals surface area contributed by atoms with Crippen LogP contribution >= 0.6 is 23.2 Å². The summed E-state index contributed by atoms with van der Waals surface area (Å²) in [5.41, 5.74) is 5.58. The van der Waals surface area contributed by atoms with E-state index in [9.17, 15) is 8.42 Å². The zero-order valence-electron chi connectivity index (χ0n) is 17.9. The molecule has 4 rings (SSSR count). The van der Waals surface area contributed by atoms with Crippen LogP contribution in [0.5, 0.6) is 0 Å². The van der Waals surface area contributed by atoms with E-state index in [4.69, 9.17) is 28.3 Å². The van der Waals surface area contributed by atoms with Crippen molar-refractivity contribution in [2.75, 3.05) is 6.26 Å². The van der Waals surface area contributed by atoms with E-state index < -0.39 is 9.84 Å². The molecule has 0 unspecified atom stereocenters. The average Bonchev–Trinajstić information content (AvgIpc) is 3.15. The fraction of sp³-hybridized carbons (Fsp3) is 0.160. The standard InChI is InChI=1S/C25H22Cl2N2O2S/c1-16(2)23-24(17-4-8-19(26)9-5-17)28-29(25(23)18-6-10-20(27)11-7-18)21-12-14-22(15-13-21)32(3,30)31/h4-16H,1-3H3. The maximum atomic E-state index is 11.9. The minimum absolute atomic E-state index is 0.176. The Labute approximate surface area is 198 Å². The molecule has 0 atom stereocenters. The van der Waals surface area contributed by atoms with Crippen molar-refractivity contribution < 1.29 is 8.42 Å². The number of hydrogen-bond donors (Lipinski definition) is 0. The summed E-state index contributed by atoms with van der Waals surface area (Å²) in [5, 5.41) is 6.30. The number of benzene rings is 3. The second-order valence-corrected chi connectivity index (χ2v) is 10.8. The topological polar surface area (TPSA) is 52.0 Å². The van der Waals surface area contributed by atoms with Crippen molar-refractivity contribution in [3.63, 3.8) is 0 Å². The summed E-state index contributed by atoms with van der Waals surface area (Å²) >= 11 is 12.3. The second-order valence-electron chi connectivity index (χ2n) is 7.96. The monoisotopic (exact) mass is 484 g/mol. The third-order valence-electron chi connectivity index (χ3n) is 5.24. The van der Waals surface area contributed by atoms with Gasteiger partial charge in [-0.25, -0.2) is 13.1 Å². The van der Waals surface area contributed by atoms with Crippen LogP contribution in [-0.2, 0) is 9.84 Å². The molecule has 0 bridgehead atoms. The number of hydrogen-bond acceptors (Lipinski definition) is 3. The molecule has 32 heavy (non-hydrogen) atoms. The number of aromatic nitrogens is 2. The molecule has 1 aromatic heterocycles. The summed E-state index contributed by atoms with van der Waals surface area (Å²) in [6.07, 6.45) is 1.20. The zero-order valence-corrected chi connectivity index (χ0v) is 20.2. The second kappa shape index (κ2) is 8.74. The first-order chi connectivity index (χ1) is 15.1. The Hall–Kier alpha value is -2.60. The largest absolute Gasteiger partial charge is 0.232 e. The van der Waals surface area contributed by atoms with Crippen LogP contribution in [0.3, 0.4) is 0 Å².